The predicted octanol–water partition coefficient (Wildman–Crippen LogP) is 0.850. The zero-order valence-electron chi connectivity index (χ0n) is 10.5. The third kappa shape index (κ3) is 3.28. The highest BCUT2D eigenvalue weighted by molar-refractivity contribution is 5.85. The molecule has 0 atom stereocenters. The summed E-state index contributed by atoms with van der Waals surface area (Å²) in [5.74, 6) is -0.833. The monoisotopic (exact) mass is 252 g/mol. The van der Waals surface area contributed by atoms with Crippen molar-refractivity contribution < 1.29 is 14.7 Å². The number of hydrogen-bond acceptors (Lipinski definition) is 5. The summed E-state index contributed by atoms with van der Waals surface area (Å²) in [7, 11) is 0. The summed E-state index contributed by atoms with van der Waals surface area (Å²) in [5, 5.41) is 20.4. The standard InChI is InChI=1S/C11H16N4O3/c1-11(2)5-9(13-18-11)7-15-6-8(12-14-15)3-4-10(16)17/h6H,3-5,7H2,1-2H3,(H,16,17). The van der Waals surface area contributed by atoms with E-state index in [0.29, 0.717) is 18.7 Å². The van der Waals surface area contributed by atoms with Crippen LogP contribution >= 0.6 is 0 Å². The van der Waals surface area contributed by atoms with Gasteiger partial charge in [0.15, 0.2) is 0 Å². The molecule has 1 N–H and O–H groups in total. The average molecular weight is 252 g/mol. The first-order valence-electron chi connectivity index (χ1n) is 5.79. The van der Waals surface area contributed by atoms with Gasteiger partial charge in [0.05, 0.1) is 24.4 Å². The van der Waals surface area contributed by atoms with Crippen molar-refractivity contribution in [2.24, 2.45) is 5.16 Å². The van der Waals surface area contributed by atoms with E-state index in [4.69, 9.17) is 9.94 Å². The summed E-state index contributed by atoms with van der Waals surface area (Å²) in [4.78, 5) is 15.7. The van der Waals surface area contributed by atoms with Gasteiger partial charge < -0.3 is 9.94 Å². The lowest BCUT2D eigenvalue weighted by Gasteiger charge is -2.13. The van der Waals surface area contributed by atoms with Crippen molar-refractivity contribution in [3.8, 4) is 0 Å². The van der Waals surface area contributed by atoms with E-state index in [2.05, 4.69) is 15.5 Å². The molecule has 0 saturated heterocycles. The summed E-state index contributed by atoms with van der Waals surface area (Å²) < 4.78 is 1.65. The molecule has 18 heavy (non-hydrogen) atoms. The highest BCUT2D eigenvalue weighted by Crippen LogP contribution is 2.22. The fourth-order valence-corrected chi connectivity index (χ4v) is 1.78. The molecule has 7 heteroatoms. The van der Waals surface area contributed by atoms with Crippen LogP contribution in [0.2, 0.25) is 0 Å². The van der Waals surface area contributed by atoms with Crippen molar-refractivity contribution in [3.05, 3.63) is 11.9 Å². The van der Waals surface area contributed by atoms with Crippen molar-refractivity contribution in [1.82, 2.24) is 15.0 Å². The highest BCUT2D eigenvalue weighted by atomic mass is 16.7. The van der Waals surface area contributed by atoms with Gasteiger partial charge in [-0.15, -0.1) is 5.10 Å². The van der Waals surface area contributed by atoms with Crippen LogP contribution in [0.5, 0.6) is 0 Å². The van der Waals surface area contributed by atoms with Crippen molar-refractivity contribution in [1.29, 1.82) is 0 Å². The van der Waals surface area contributed by atoms with E-state index in [-0.39, 0.29) is 12.0 Å². The first-order valence-corrected chi connectivity index (χ1v) is 5.79. The quantitative estimate of drug-likeness (QED) is 0.839. The lowest BCUT2D eigenvalue weighted by molar-refractivity contribution is -0.136. The van der Waals surface area contributed by atoms with E-state index in [0.717, 1.165) is 12.1 Å². The molecule has 2 rings (SSSR count). The number of aliphatic carboxylic acids is 1. The van der Waals surface area contributed by atoms with Crippen LogP contribution in [0.4, 0.5) is 0 Å². The Hall–Kier alpha value is -1.92. The van der Waals surface area contributed by atoms with Gasteiger partial charge in [-0.25, -0.2) is 4.68 Å². The van der Waals surface area contributed by atoms with Gasteiger partial charge in [-0.3, -0.25) is 4.79 Å². The molecule has 1 aromatic rings. The number of aryl methyl sites for hydroxylation is 1. The number of carboxylic acid groups (broad SMARTS) is 1. The van der Waals surface area contributed by atoms with Crippen molar-refractivity contribution in [2.45, 2.75) is 45.3 Å². The van der Waals surface area contributed by atoms with Crippen LogP contribution in [0.1, 0.15) is 32.4 Å². The van der Waals surface area contributed by atoms with Crippen LogP contribution in [0.3, 0.4) is 0 Å². The maximum absolute atomic E-state index is 10.4. The Balaban J connectivity index is 1.89. The van der Waals surface area contributed by atoms with Gasteiger partial charge >= 0.3 is 5.97 Å². The molecule has 98 valence electrons. The van der Waals surface area contributed by atoms with Crippen LogP contribution in [-0.2, 0) is 22.6 Å². The topological polar surface area (TPSA) is 89.6 Å². The molecular weight excluding hydrogens is 236 g/mol. The molecule has 0 bridgehead atoms. The highest BCUT2D eigenvalue weighted by Gasteiger charge is 2.28. The minimum absolute atomic E-state index is 0.0653. The minimum Gasteiger partial charge on any atom is -0.481 e. The number of carbonyl (C=O) groups is 1. The number of rotatable bonds is 5. The molecular formula is C11H16N4O3. The van der Waals surface area contributed by atoms with Gasteiger partial charge in [0, 0.05) is 19.0 Å². The summed E-state index contributed by atoms with van der Waals surface area (Å²) in [6, 6.07) is 0. The van der Waals surface area contributed by atoms with Gasteiger partial charge in [0.2, 0.25) is 0 Å². The third-order valence-corrected chi connectivity index (χ3v) is 2.58. The molecule has 1 aliphatic heterocycles. The number of hydrogen-bond donors (Lipinski definition) is 1. The molecule has 1 aromatic heterocycles. The zero-order chi connectivity index (χ0) is 13.2. The third-order valence-electron chi connectivity index (χ3n) is 2.58. The summed E-state index contributed by atoms with van der Waals surface area (Å²) in [6.07, 6.45) is 2.97. The van der Waals surface area contributed by atoms with Gasteiger partial charge in [0.25, 0.3) is 0 Å². The average Bonchev–Trinajstić information content (AvgIpc) is 2.83. The van der Waals surface area contributed by atoms with E-state index < -0.39 is 5.97 Å². The Bertz CT molecular complexity index is 478. The second-order valence-electron chi connectivity index (χ2n) is 4.99. The Morgan fingerprint density at radius 1 is 1.61 bits per heavy atom. The second-order valence-corrected chi connectivity index (χ2v) is 4.99. The molecule has 0 radical (unpaired) electrons. The number of oxime groups is 1. The minimum atomic E-state index is -0.833. The summed E-state index contributed by atoms with van der Waals surface area (Å²) >= 11 is 0. The predicted molar refractivity (Wildman–Crippen MR) is 63.2 cm³/mol. The fraction of sp³-hybridized carbons (Fsp3) is 0.636. The molecule has 7 nitrogen and oxygen atoms in total. The second kappa shape index (κ2) is 4.75. The maximum atomic E-state index is 10.4. The van der Waals surface area contributed by atoms with E-state index in [1.165, 1.54) is 0 Å². The van der Waals surface area contributed by atoms with Crippen molar-refractivity contribution in [3.63, 3.8) is 0 Å². The SMILES string of the molecule is CC1(C)CC(Cn2cc(CCC(=O)O)nn2)=NO1. The van der Waals surface area contributed by atoms with Crippen molar-refractivity contribution in [2.75, 3.05) is 0 Å². The van der Waals surface area contributed by atoms with Gasteiger partial charge in [-0.05, 0) is 13.8 Å². The summed E-state index contributed by atoms with van der Waals surface area (Å²) in [5.41, 5.74) is 1.34. The Kier molecular flexibility index (Phi) is 3.31. The molecule has 1 aliphatic rings. The number of aromatic nitrogens is 3. The number of nitrogens with zero attached hydrogens (tertiary/aromatic N) is 4. The van der Waals surface area contributed by atoms with Crippen LogP contribution in [-0.4, -0.2) is 37.4 Å². The van der Waals surface area contributed by atoms with Gasteiger partial charge in [0.1, 0.15) is 5.60 Å². The Labute approximate surface area is 104 Å². The number of carboxylic acids is 1. The normalized spacial score (nSPS) is 17.3. The molecule has 0 aromatic carbocycles. The molecule has 0 amide bonds. The lowest BCUT2D eigenvalue weighted by atomic mass is 10.0. The van der Waals surface area contributed by atoms with Gasteiger partial charge in [-0.1, -0.05) is 10.4 Å². The molecule has 0 unspecified atom stereocenters. The van der Waals surface area contributed by atoms with E-state index in [1.54, 1.807) is 10.9 Å². The molecule has 0 saturated carbocycles. The lowest BCUT2D eigenvalue weighted by Crippen LogP contribution is -2.20. The van der Waals surface area contributed by atoms with Crippen LogP contribution in [0.15, 0.2) is 11.4 Å². The smallest absolute Gasteiger partial charge is 0.303 e. The Morgan fingerprint density at radius 3 is 3.00 bits per heavy atom. The van der Waals surface area contributed by atoms with Crippen LogP contribution in [0, 0.1) is 0 Å². The maximum Gasteiger partial charge on any atom is 0.303 e. The van der Waals surface area contributed by atoms with E-state index >= 15 is 0 Å². The largest absolute Gasteiger partial charge is 0.481 e. The Morgan fingerprint density at radius 2 is 2.39 bits per heavy atom. The van der Waals surface area contributed by atoms with Crippen molar-refractivity contribution >= 4 is 11.7 Å². The zero-order valence-corrected chi connectivity index (χ0v) is 10.5. The first-order chi connectivity index (χ1) is 8.44. The molecule has 0 fully saturated rings. The van der Waals surface area contributed by atoms with Gasteiger partial charge in [-0.2, -0.15) is 0 Å². The fourth-order valence-electron chi connectivity index (χ4n) is 1.78. The summed E-state index contributed by atoms with van der Waals surface area (Å²) in [6.45, 7) is 4.48. The molecule has 2 heterocycles. The first kappa shape index (κ1) is 12.5. The van der Waals surface area contributed by atoms with E-state index in [9.17, 15) is 4.79 Å². The van der Waals surface area contributed by atoms with E-state index in [1.807, 2.05) is 13.8 Å². The van der Waals surface area contributed by atoms with Crippen LogP contribution in [0.25, 0.3) is 0 Å². The molecule has 0 aliphatic carbocycles. The van der Waals surface area contributed by atoms with Crippen LogP contribution < -0.4 is 0 Å². The molecule has 0 spiro atoms.